The lowest BCUT2D eigenvalue weighted by atomic mass is 10.0. The summed E-state index contributed by atoms with van der Waals surface area (Å²) >= 11 is 7.58. The molecule has 2 heterocycles. The summed E-state index contributed by atoms with van der Waals surface area (Å²) < 4.78 is 15.3. The lowest BCUT2D eigenvalue weighted by Crippen LogP contribution is -1.88. The molecule has 0 aliphatic carbocycles. The van der Waals surface area contributed by atoms with Gasteiger partial charge in [0.1, 0.15) is 11.7 Å². The second kappa shape index (κ2) is 8.57. The Balaban J connectivity index is 1.62. The maximum Gasteiger partial charge on any atom is 0.317 e. The highest BCUT2D eigenvalue weighted by atomic mass is 35.5. The van der Waals surface area contributed by atoms with Gasteiger partial charge in [0.25, 0.3) is 0 Å². The van der Waals surface area contributed by atoms with Crippen molar-refractivity contribution < 1.29 is 19.1 Å². The van der Waals surface area contributed by atoms with Crippen LogP contribution in [0.15, 0.2) is 59.8 Å². The molecule has 0 aliphatic rings. The number of nitrogens with one attached hydrogen (secondary N) is 1. The van der Waals surface area contributed by atoms with Crippen LogP contribution in [0.25, 0.3) is 33.5 Å². The molecule has 2 aromatic heterocycles. The van der Waals surface area contributed by atoms with Crippen molar-refractivity contribution in [3.8, 4) is 28.1 Å². The van der Waals surface area contributed by atoms with Crippen LogP contribution in [0.4, 0.5) is 0 Å². The number of para-hydroxylation sites is 1. The van der Waals surface area contributed by atoms with Crippen molar-refractivity contribution in [1.82, 2.24) is 15.0 Å². The van der Waals surface area contributed by atoms with Crippen LogP contribution in [0.1, 0.15) is 0 Å². The van der Waals surface area contributed by atoms with E-state index in [2.05, 4.69) is 19.5 Å². The SMILES string of the molecule is O=[PH](O)OCSc1nc2nc(-c3ccc(-c4ccccc4O)cc3)c(Cl)cc2[nH]1. The van der Waals surface area contributed by atoms with Crippen LogP contribution in [0.2, 0.25) is 5.02 Å². The molecule has 0 bridgehead atoms. The van der Waals surface area contributed by atoms with Gasteiger partial charge in [-0.3, -0.25) is 9.09 Å². The average molecular weight is 448 g/mol. The Morgan fingerprint density at radius 1 is 1.10 bits per heavy atom. The second-order valence-corrected chi connectivity index (χ2v) is 8.14. The minimum atomic E-state index is -2.97. The third-order valence-corrected chi connectivity index (χ3v) is 5.75. The molecule has 10 heteroatoms. The molecular formula is C19H15ClN3O4PS. The number of fused-ring (bicyclic) bond motifs is 1. The van der Waals surface area contributed by atoms with E-state index in [0.717, 1.165) is 28.5 Å². The van der Waals surface area contributed by atoms with Crippen molar-refractivity contribution in [1.29, 1.82) is 0 Å². The number of halogens is 1. The maximum absolute atomic E-state index is 10.6. The van der Waals surface area contributed by atoms with E-state index in [0.29, 0.717) is 27.0 Å². The highest BCUT2D eigenvalue weighted by molar-refractivity contribution is 7.99. The third-order valence-electron chi connectivity index (χ3n) is 4.16. The molecule has 1 atom stereocenters. The molecule has 0 saturated heterocycles. The zero-order chi connectivity index (χ0) is 20.4. The summed E-state index contributed by atoms with van der Waals surface area (Å²) in [4.78, 5) is 20.7. The quantitative estimate of drug-likeness (QED) is 0.214. The number of nitrogens with zero attached hydrogens (tertiary/aromatic N) is 2. The summed E-state index contributed by atoms with van der Waals surface area (Å²) in [6.07, 6.45) is 0. The maximum atomic E-state index is 10.6. The first kappa shape index (κ1) is 19.9. The molecule has 4 rings (SSSR count). The Hall–Kier alpha value is -2.35. The molecule has 0 amide bonds. The number of rotatable bonds is 6. The number of hydrogen-bond acceptors (Lipinski definition) is 6. The molecule has 3 N–H and O–H groups in total. The Labute approximate surface area is 175 Å². The Kier molecular flexibility index (Phi) is 5.89. The Morgan fingerprint density at radius 3 is 2.55 bits per heavy atom. The minimum Gasteiger partial charge on any atom is -0.507 e. The first-order valence-corrected chi connectivity index (χ1v) is 11.1. The standard InChI is InChI=1S/C19H15ClN3O4PS/c20-14-9-15-18(23-19(21-15)29-10-27-28(25)26)22-17(14)12-7-5-11(6-8-12)13-3-1-2-4-16(13)24/h1-9,24,28H,10H2,(H,25,26)(H,21,22,23). The predicted octanol–water partition coefficient (Wildman–Crippen LogP) is 5.10. The fraction of sp³-hybridized carbons (Fsp3) is 0.0526. The lowest BCUT2D eigenvalue weighted by Gasteiger charge is -2.07. The number of hydrogen-bond donors (Lipinski definition) is 3. The summed E-state index contributed by atoms with van der Waals surface area (Å²) in [5, 5.41) is 11.0. The number of aromatic amines is 1. The number of aromatic hydroxyl groups is 1. The molecule has 0 saturated carbocycles. The topological polar surface area (TPSA) is 108 Å². The number of pyridine rings is 1. The summed E-state index contributed by atoms with van der Waals surface area (Å²) in [7, 11) is -2.97. The van der Waals surface area contributed by atoms with Crippen molar-refractivity contribution in [2.45, 2.75) is 5.16 Å². The number of aromatic nitrogens is 3. The van der Waals surface area contributed by atoms with E-state index in [-0.39, 0.29) is 11.7 Å². The number of benzene rings is 2. The van der Waals surface area contributed by atoms with Crippen LogP contribution in [-0.2, 0) is 9.09 Å². The van der Waals surface area contributed by atoms with E-state index >= 15 is 0 Å². The van der Waals surface area contributed by atoms with Gasteiger partial charge in [-0.05, 0) is 17.7 Å². The smallest absolute Gasteiger partial charge is 0.317 e. The van der Waals surface area contributed by atoms with Gasteiger partial charge in [0.2, 0.25) is 0 Å². The van der Waals surface area contributed by atoms with Gasteiger partial charge < -0.3 is 15.0 Å². The zero-order valence-corrected chi connectivity index (χ0v) is 17.4. The molecule has 2 aromatic carbocycles. The lowest BCUT2D eigenvalue weighted by molar-refractivity contribution is 0.331. The van der Waals surface area contributed by atoms with Crippen molar-refractivity contribution in [3.05, 3.63) is 59.6 Å². The molecule has 1 unspecified atom stereocenters. The molecule has 0 spiro atoms. The van der Waals surface area contributed by atoms with E-state index in [1.165, 1.54) is 0 Å². The third kappa shape index (κ3) is 4.47. The number of phenolic OH excluding ortho intramolecular Hbond substituents is 1. The van der Waals surface area contributed by atoms with E-state index in [9.17, 15) is 9.67 Å². The predicted molar refractivity (Wildman–Crippen MR) is 114 cm³/mol. The molecule has 7 nitrogen and oxygen atoms in total. The zero-order valence-electron chi connectivity index (χ0n) is 14.8. The Morgan fingerprint density at radius 2 is 1.83 bits per heavy atom. The van der Waals surface area contributed by atoms with Gasteiger partial charge in [-0.25, -0.2) is 9.97 Å². The van der Waals surface area contributed by atoms with Crippen molar-refractivity contribution in [3.63, 3.8) is 0 Å². The van der Waals surface area contributed by atoms with Gasteiger partial charge in [-0.2, -0.15) is 0 Å². The molecule has 4 aromatic rings. The minimum absolute atomic E-state index is 0.00248. The van der Waals surface area contributed by atoms with Gasteiger partial charge in [0.15, 0.2) is 10.8 Å². The summed E-state index contributed by atoms with van der Waals surface area (Å²) in [6.45, 7) is 0. The molecule has 29 heavy (non-hydrogen) atoms. The van der Waals surface area contributed by atoms with Gasteiger partial charge in [0.05, 0.1) is 16.2 Å². The van der Waals surface area contributed by atoms with Gasteiger partial charge in [-0.1, -0.05) is 65.8 Å². The van der Waals surface area contributed by atoms with E-state index in [1.807, 2.05) is 36.4 Å². The van der Waals surface area contributed by atoms with Crippen molar-refractivity contribution >= 4 is 42.8 Å². The molecular weight excluding hydrogens is 433 g/mol. The molecule has 0 aliphatic heterocycles. The Bertz CT molecular complexity index is 1200. The largest absolute Gasteiger partial charge is 0.507 e. The van der Waals surface area contributed by atoms with Gasteiger partial charge in [-0.15, -0.1) is 0 Å². The molecule has 0 fully saturated rings. The fourth-order valence-corrected chi connectivity index (χ4v) is 4.17. The van der Waals surface area contributed by atoms with Crippen LogP contribution in [0, 0.1) is 0 Å². The van der Waals surface area contributed by atoms with Gasteiger partial charge in [0, 0.05) is 11.1 Å². The van der Waals surface area contributed by atoms with Crippen LogP contribution < -0.4 is 0 Å². The number of H-pyrrole nitrogens is 1. The second-order valence-electron chi connectivity index (χ2n) is 6.00. The highest BCUT2D eigenvalue weighted by Crippen LogP contribution is 2.33. The van der Waals surface area contributed by atoms with E-state index in [1.54, 1.807) is 18.2 Å². The van der Waals surface area contributed by atoms with Crippen molar-refractivity contribution in [2.24, 2.45) is 0 Å². The first-order chi connectivity index (χ1) is 14.0. The van der Waals surface area contributed by atoms with Crippen LogP contribution >= 0.6 is 31.6 Å². The average Bonchev–Trinajstić information content (AvgIpc) is 3.09. The van der Waals surface area contributed by atoms with E-state index < -0.39 is 8.25 Å². The van der Waals surface area contributed by atoms with Crippen LogP contribution in [0.3, 0.4) is 0 Å². The van der Waals surface area contributed by atoms with Gasteiger partial charge >= 0.3 is 8.25 Å². The summed E-state index contributed by atoms with van der Waals surface area (Å²) in [6, 6.07) is 16.4. The normalized spacial score (nSPS) is 12.3. The number of phenols is 1. The molecule has 148 valence electrons. The highest BCUT2D eigenvalue weighted by Gasteiger charge is 2.12. The van der Waals surface area contributed by atoms with Crippen molar-refractivity contribution in [2.75, 3.05) is 5.94 Å². The summed E-state index contributed by atoms with van der Waals surface area (Å²) in [5.41, 5.74) is 4.16. The first-order valence-electron chi connectivity index (χ1n) is 8.45. The monoisotopic (exact) mass is 447 g/mol. The molecule has 0 radical (unpaired) electrons. The van der Waals surface area contributed by atoms with Crippen LogP contribution in [0.5, 0.6) is 5.75 Å². The van der Waals surface area contributed by atoms with E-state index in [4.69, 9.17) is 16.5 Å². The van der Waals surface area contributed by atoms with Crippen LogP contribution in [-0.4, -0.2) is 30.9 Å². The number of thioether (sulfide) groups is 1. The number of imidazole rings is 1. The summed E-state index contributed by atoms with van der Waals surface area (Å²) in [5.74, 6) is 0.220. The fourth-order valence-electron chi connectivity index (χ4n) is 2.83.